The minimum atomic E-state index is -0.0212. The number of allylic oxidation sites excluding steroid dienone is 2. The number of rotatable bonds is 0. The van der Waals surface area contributed by atoms with Crippen LogP contribution in [0.3, 0.4) is 0 Å². The SMILES string of the molecule is [C-]#[N+]/C(C#N)=C1/CC(=O)c2cc3ccccc3cc21. The molecule has 0 N–H and O–H groups in total. The van der Waals surface area contributed by atoms with Crippen LogP contribution >= 0.6 is 0 Å². The third-order valence-corrected chi connectivity index (χ3v) is 3.35. The molecule has 1 aliphatic carbocycles. The van der Waals surface area contributed by atoms with E-state index in [2.05, 4.69) is 4.85 Å². The zero-order valence-corrected chi connectivity index (χ0v) is 9.97. The molecule has 0 atom stereocenters. The van der Waals surface area contributed by atoms with E-state index >= 15 is 0 Å². The molecule has 0 heterocycles. The molecule has 0 bridgehead atoms. The summed E-state index contributed by atoms with van der Waals surface area (Å²) in [6.45, 7) is 7.03. The second-order valence-corrected chi connectivity index (χ2v) is 4.40. The summed E-state index contributed by atoms with van der Waals surface area (Å²) >= 11 is 0. The topological polar surface area (TPSA) is 45.2 Å². The Bertz CT molecular complexity index is 816. The highest BCUT2D eigenvalue weighted by Gasteiger charge is 2.27. The average Bonchev–Trinajstić information content (AvgIpc) is 2.75. The van der Waals surface area contributed by atoms with Gasteiger partial charge in [-0.05, 0) is 34.0 Å². The summed E-state index contributed by atoms with van der Waals surface area (Å²) in [5.41, 5.74) is 1.92. The Hall–Kier alpha value is -2.91. The Morgan fingerprint density at radius 2 is 1.84 bits per heavy atom. The Morgan fingerprint density at radius 3 is 2.42 bits per heavy atom. The van der Waals surface area contributed by atoms with Crippen LogP contribution < -0.4 is 0 Å². The van der Waals surface area contributed by atoms with E-state index in [9.17, 15) is 4.79 Å². The average molecular weight is 244 g/mol. The second-order valence-electron chi connectivity index (χ2n) is 4.40. The maximum absolute atomic E-state index is 12.0. The molecule has 0 spiro atoms. The van der Waals surface area contributed by atoms with Gasteiger partial charge in [-0.2, -0.15) is 0 Å². The van der Waals surface area contributed by atoms with Crippen molar-refractivity contribution in [3.05, 3.63) is 64.6 Å². The molecule has 0 saturated heterocycles. The summed E-state index contributed by atoms with van der Waals surface area (Å²) in [6.07, 6.45) is 0.150. The van der Waals surface area contributed by atoms with Gasteiger partial charge >= 0.3 is 0 Å². The highest BCUT2D eigenvalue weighted by molar-refractivity contribution is 6.15. The standard InChI is InChI=1S/C16H8N2O/c1-18-15(9-17)13-8-16(19)14-7-11-5-3-2-4-10(11)6-12(13)14/h2-7H,8H2/b15-13-. The lowest BCUT2D eigenvalue weighted by atomic mass is 10.0. The number of hydrogen-bond acceptors (Lipinski definition) is 2. The van der Waals surface area contributed by atoms with Crippen molar-refractivity contribution < 1.29 is 4.79 Å². The molecular weight excluding hydrogens is 236 g/mol. The van der Waals surface area contributed by atoms with Gasteiger partial charge in [0.2, 0.25) is 0 Å². The molecule has 3 rings (SSSR count). The maximum atomic E-state index is 12.0. The normalized spacial score (nSPS) is 15.8. The third-order valence-electron chi connectivity index (χ3n) is 3.35. The first kappa shape index (κ1) is 11.2. The minimum absolute atomic E-state index is 0.0161. The fraction of sp³-hybridized carbons (Fsp3) is 0.0625. The number of carbonyl (C=O) groups is 1. The van der Waals surface area contributed by atoms with Crippen LogP contribution in [0.2, 0.25) is 0 Å². The Morgan fingerprint density at radius 1 is 1.21 bits per heavy atom. The number of nitrogens with zero attached hydrogens (tertiary/aromatic N) is 2. The molecular formula is C16H8N2O. The molecule has 88 valence electrons. The van der Waals surface area contributed by atoms with Crippen LogP contribution in [0.4, 0.5) is 0 Å². The van der Waals surface area contributed by atoms with E-state index in [1.54, 1.807) is 0 Å². The smallest absolute Gasteiger partial charge is 0.266 e. The monoisotopic (exact) mass is 244 g/mol. The summed E-state index contributed by atoms with van der Waals surface area (Å²) in [5.74, 6) is -0.0212. The van der Waals surface area contributed by atoms with Crippen LogP contribution in [0.1, 0.15) is 22.3 Å². The fourth-order valence-electron chi connectivity index (χ4n) is 2.44. The lowest BCUT2D eigenvalue weighted by molar-refractivity contribution is 0.100. The van der Waals surface area contributed by atoms with Crippen molar-refractivity contribution in [3.63, 3.8) is 0 Å². The van der Waals surface area contributed by atoms with Crippen LogP contribution in [0.15, 0.2) is 42.1 Å². The summed E-state index contributed by atoms with van der Waals surface area (Å²) in [7, 11) is 0. The molecule has 1 aliphatic rings. The predicted octanol–water partition coefficient (Wildman–Crippen LogP) is 3.58. The van der Waals surface area contributed by atoms with E-state index in [1.807, 2.05) is 42.5 Å². The number of Topliss-reactive ketones (excluding diaryl/α,β-unsaturated/α-hetero) is 1. The van der Waals surface area contributed by atoms with Gasteiger partial charge in [-0.1, -0.05) is 24.3 Å². The molecule has 2 aromatic rings. The van der Waals surface area contributed by atoms with Crippen molar-refractivity contribution in [1.29, 1.82) is 5.26 Å². The van der Waals surface area contributed by atoms with E-state index in [-0.39, 0.29) is 17.9 Å². The molecule has 0 aromatic heterocycles. The van der Waals surface area contributed by atoms with Crippen LogP contribution in [-0.2, 0) is 0 Å². The van der Waals surface area contributed by atoms with Gasteiger partial charge in [-0.3, -0.25) is 4.79 Å². The molecule has 3 heteroatoms. The van der Waals surface area contributed by atoms with Gasteiger partial charge in [-0.25, -0.2) is 10.1 Å². The third kappa shape index (κ3) is 1.61. The summed E-state index contributed by atoms with van der Waals surface area (Å²) < 4.78 is 0. The quantitative estimate of drug-likeness (QED) is 0.525. The number of hydrogen-bond donors (Lipinski definition) is 0. The molecule has 2 aromatic carbocycles. The number of nitriles is 1. The lowest BCUT2D eigenvalue weighted by Gasteiger charge is -2.03. The van der Waals surface area contributed by atoms with Crippen molar-refractivity contribution >= 4 is 22.1 Å². The zero-order valence-electron chi connectivity index (χ0n) is 9.97. The summed E-state index contributed by atoms with van der Waals surface area (Å²) in [6, 6.07) is 13.4. The van der Waals surface area contributed by atoms with E-state index in [0.29, 0.717) is 11.1 Å². The largest absolute Gasteiger partial charge is 0.294 e. The van der Waals surface area contributed by atoms with Crippen LogP contribution in [0.25, 0.3) is 21.2 Å². The van der Waals surface area contributed by atoms with E-state index in [1.165, 1.54) is 0 Å². The first-order valence-electron chi connectivity index (χ1n) is 5.81. The molecule has 3 nitrogen and oxygen atoms in total. The molecule has 0 unspecified atom stereocenters. The number of carbonyl (C=O) groups excluding carboxylic acids is 1. The molecule has 0 saturated carbocycles. The first-order valence-corrected chi connectivity index (χ1v) is 5.81. The zero-order chi connectivity index (χ0) is 13.4. The Labute approximate surface area is 110 Å². The first-order chi connectivity index (χ1) is 9.24. The molecule has 19 heavy (non-hydrogen) atoms. The van der Waals surface area contributed by atoms with E-state index in [0.717, 1.165) is 16.3 Å². The van der Waals surface area contributed by atoms with Crippen LogP contribution in [0, 0.1) is 17.9 Å². The van der Waals surface area contributed by atoms with Crippen molar-refractivity contribution in [2.24, 2.45) is 0 Å². The number of ketones is 1. The van der Waals surface area contributed by atoms with Gasteiger partial charge in [-0.15, -0.1) is 0 Å². The van der Waals surface area contributed by atoms with Gasteiger partial charge < -0.3 is 0 Å². The van der Waals surface area contributed by atoms with Crippen molar-refractivity contribution in [2.45, 2.75) is 6.42 Å². The Kier molecular flexibility index (Phi) is 2.41. The van der Waals surface area contributed by atoms with Crippen molar-refractivity contribution in [3.8, 4) is 6.07 Å². The number of fused-ring (bicyclic) bond motifs is 2. The van der Waals surface area contributed by atoms with Crippen LogP contribution in [-0.4, -0.2) is 5.78 Å². The molecule has 0 fully saturated rings. The highest BCUT2D eigenvalue weighted by atomic mass is 16.1. The molecule has 0 radical (unpaired) electrons. The second kappa shape index (κ2) is 4.08. The molecule has 0 amide bonds. The molecule has 0 aliphatic heterocycles. The van der Waals surface area contributed by atoms with Gasteiger partial charge in [0.1, 0.15) is 0 Å². The highest BCUT2D eigenvalue weighted by Crippen LogP contribution is 2.37. The summed E-state index contributed by atoms with van der Waals surface area (Å²) in [5, 5.41) is 11.0. The minimum Gasteiger partial charge on any atom is -0.294 e. The van der Waals surface area contributed by atoms with E-state index in [4.69, 9.17) is 11.8 Å². The van der Waals surface area contributed by atoms with Gasteiger partial charge in [0.05, 0.1) is 12.6 Å². The predicted molar refractivity (Wildman–Crippen MR) is 72.0 cm³/mol. The lowest BCUT2D eigenvalue weighted by Crippen LogP contribution is -1.90. The van der Waals surface area contributed by atoms with Crippen LogP contribution in [0.5, 0.6) is 0 Å². The Balaban J connectivity index is 2.37. The van der Waals surface area contributed by atoms with Crippen molar-refractivity contribution in [1.82, 2.24) is 0 Å². The van der Waals surface area contributed by atoms with Gasteiger partial charge in [0.15, 0.2) is 5.78 Å². The maximum Gasteiger partial charge on any atom is 0.266 e. The summed E-state index contributed by atoms with van der Waals surface area (Å²) in [4.78, 5) is 15.2. The number of benzene rings is 2. The van der Waals surface area contributed by atoms with Crippen molar-refractivity contribution in [2.75, 3.05) is 0 Å². The van der Waals surface area contributed by atoms with E-state index < -0.39 is 0 Å². The van der Waals surface area contributed by atoms with Gasteiger partial charge in [0.25, 0.3) is 5.70 Å². The van der Waals surface area contributed by atoms with Gasteiger partial charge in [0, 0.05) is 12.0 Å². The fourth-order valence-corrected chi connectivity index (χ4v) is 2.44.